The van der Waals surface area contributed by atoms with E-state index in [1.807, 2.05) is 12.2 Å². The summed E-state index contributed by atoms with van der Waals surface area (Å²) in [6, 6.07) is 0. The van der Waals surface area contributed by atoms with Crippen LogP contribution in [0.2, 0.25) is 0 Å². The van der Waals surface area contributed by atoms with E-state index in [0.29, 0.717) is 19.3 Å². The molecule has 0 radical (unpaired) electrons. The van der Waals surface area contributed by atoms with Crippen LogP contribution in [0, 0.1) is 0 Å². The van der Waals surface area contributed by atoms with Crippen LogP contribution in [0.15, 0.2) is 72.9 Å². The number of phosphoric ester groups is 1. The first-order valence-corrected chi connectivity index (χ1v) is 29.3. The lowest BCUT2D eigenvalue weighted by Crippen LogP contribution is -2.30. The third-order valence-corrected chi connectivity index (χ3v) is 12.6. The molecule has 0 saturated carbocycles. The Morgan fingerprint density at radius 1 is 0.429 bits per heavy atom. The zero-order chi connectivity index (χ0) is 51.3. The number of ether oxygens (including phenoxy) is 3. The van der Waals surface area contributed by atoms with Crippen molar-refractivity contribution in [2.24, 2.45) is 0 Å². The Morgan fingerprint density at radius 2 is 0.786 bits per heavy atom. The maximum atomic E-state index is 12.9. The van der Waals surface area contributed by atoms with Gasteiger partial charge in [-0.15, -0.1) is 0 Å². The number of phosphoric acid groups is 1. The van der Waals surface area contributed by atoms with E-state index in [2.05, 4.69) is 75.5 Å². The molecule has 12 heteroatoms. The Morgan fingerprint density at radius 3 is 1.20 bits per heavy atom. The molecule has 2 N–H and O–H groups in total. The van der Waals surface area contributed by atoms with E-state index in [1.165, 1.54) is 103 Å². The van der Waals surface area contributed by atoms with Crippen LogP contribution in [-0.2, 0) is 42.2 Å². The lowest BCUT2D eigenvalue weighted by Gasteiger charge is -2.21. The average Bonchev–Trinajstić information content (AvgIpc) is 3.35. The Bertz CT molecular complexity index is 1450. The summed E-state index contributed by atoms with van der Waals surface area (Å²) in [5.74, 6) is -1.62. The number of carbonyl (C=O) groups excluding carboxylic acids is 3. The fourth-order valence-corrected chi connectivity index (χ4v) is 8.21. The highest BCUT2D eigenvalue weighted by atomic mass is 31.2. The van der Waals surface area contributed by atoms with Gasteiger partial charge in [0.2, 0.25) is 0 Å². The molecule has 0 aliphatic carbocycles. The molecule has 0 heterocycles. The van der Waals surface area contributed by atoms with E-state index >= 15 is 0 Å². The molecule has 0 fully saturated rings. The number of carbonyl (C=O) groups is 3. The normalized spacial score (nSPS) is 14.0. The van der Waals surface area contributed by atoms with Crippen molar-refractivity contribution >= 4 is 25.7 Å². The van der Waals surface area contributed by atoms with Gasteiger partial charge in [0.25, 0.3) is 0 Å². The summed E-state index contributed by atoms with van der Waals surface area (Å²) >= 11 is 0. The summed E-state index contributed by atoms with van der Waals surface area (Å²) < 4.78 is 39.3. The molecule has 0 bridgehead atoms. The van der Waals surface area contributed by atoms with Crippen LogP contribution in [0.25, 0.3) is 0 Å². The lowest BCUT2D eigenvalue weighted by molar-refractivity contribution is -0.161. The van der Waals surface area contributed by atoms with Crippen LogP contribution in [0.4, 0.5) is 0 Å². The number of aliphatic hydroxyl groups excluding tert-OH is 1. The van der Waals surface area contributed by atoms with E-state index in [-0.39, 0.29) is 25.9 Å². The Hall–Kier alpha value is -3.08. The van der Waals surface area contributed by atoms with E-state index < -0.39 is 57.8 Å². The average molecular weight is 1010 g/mol. The van der Waals surface area contributed by atoms with Crippen molar-refractivity contribution in [1.82, 2.24) is 0 Å². The summed E-state index contributed by atoms with van der Waals surface area (Å²) in [5, 5.41) is 9.78. The predicted molar refractivity (Wildman–Crippen MR) is 288 cm³/mol. The fourth-order valence-electron chi connectivity index (χ4n) is 7.42. The highest BCUT2D eigenvalue weighted by molar-refractivity contribution is 7.47. The van der Waals surface area contributed by atoms with Gasteiger partial charge in [0, 0.05) is 12.8 Å². The van der Waals surface area contributed by atoms with E-state index in [0.717, 1.165) is 77.0 Å². The van der Waals surface area contributed by atoms with Crippen LogP contribution in [-0.4, -0.2) is 66.5 Å². The second-order valence-corrected chi connectivity index (χ2v) is 19.8. The Kier molecular flexibility index (Phi) is 50.0. The van der Waals surface area contributed by atoms with Crippen molar-refractivity contribution in [3.05, 3.63) is 72.9 Å². The van der Waals surface area contributed by atoms with Gasteiger partial charge in [0.1, 0.15) is 12.7 Å². The number of rotatable bonds is 51. The number of esters is 3. The summed E-state index contributed by atoms with van der Waals surface area (Å²) in [5.41, 5.74) is 0. The molecule has 0 aromatic heterocycles. The molecule has 70 heavy (non-hydrogen) atoms. The minimum atomic E-state index is -4.76. The number of unbranched alkanes of at least 4 members (excludes halogenated alkanes) is 23. The molecule has 0 spiro atoms. The number of allylic oxidation sites excluding steroid dienone is 11. The molecule has 3 unspecified atom stereocenters. The maximum absolute atomic E-state index is 12.9. The third kappa shape index (κ3) is 49.9. The number of aliphatic hydroxyl groups is 1. The number of hydrogen-bond donors (Lipinski definition) is 2. The van der Waals surface area contributed by atoms with Crippen molar-refractivity contribution in [3.8, 4) is 0 Å². The van der Waals surface area contributed by atoms with Gasteiger partial charge >= 0.3 is 25.7 Å². The number of hydrogen-bond acceptors (Lipinski definition) is 10. The standard InChI is InChI=1S/C58H101O11P/c1-4-7-10-13-16-19-22-24-26-27-29-31-34-37-40-43-46-49-58(62)69-55(51-65-56(60)47-44-41-38-35-33-30-28-25-23-20-17-14-11-8-5-2)53-67-70(63,64)66-52-54(50-59)68-57(61)48-45-42-39-36-32-21-18-15-12-9-6-3/h8,11,17,20,24-26,28,33,35,41,44,54-55,59H,4-7,9-10,12-16,18-19,21-23,27,29-32,34,36-40,42-43,45-53H2,1-3H3,(H,63,64)/b11-8-,20-17-,26-24-,28-25-,35-33-,44-41-. The monoisotopic (exact) mass is 1000 g/mol. The largest absolute Gasteiger partial charge is 0.472 e. The van der Waals surface area contributed by atoms with Gasteiger partial charge in [-0.05, 0) is 70.6 Å². The SMILES string of the molecule is CC/C=C\C/C=C\C/C=C\C/C=C\C/C=C\CC(=O)OCC(COP(=O)(O)OCC(CO)OC(=O)CCCCCCCCCCCCC)OC(=O)CCCCCCCCC/C=C\CCCCCCCC. The quantitative estimate of drug-likeness (QED) is 0.0197. The van der Waals surface area contributed by atoms with Gasteiger partial charge in [0.05, 0.1) is 26.2 Å². The highest BCUT2D eigenvalue weighted by Gasteiger charge is 2.28. The lowest BCUT2D eigenvalue weighted by atomic mass is 10.1. The van der Waals surface area contributed by atoms with Crippen LogP contribution < -0.4 is 0 Å². The van der Waals surface area contributed by atoms with Gasteiger partial charge in [-0.25, -0.2) is 4.57 Å². The van der Waals surface area contributed by atoms with Gasteiger partial charge in [-0.3, -0.25) is 23.4 Å². The van der Waals surface area contributed by atoms with Gasteiger partial charge in [-0.2, -0.15) is 0 Å². The van der Waals surface area contributed by atoms with Crippen LogP contribution in [0.3, 0.4) is 0 Å². The van der Waals surface area contributed by atoms with Gasteiger partial charge in [-0.1, -0.05) is 222 Å². The molecule has 0 aliphatic heterocycles. The predicted octanol–water partition coefficient (Wildman–Crippen LogP) is 16.1. The second-order valence-electron chi connectivity index (χ2n) is 18.4. The molecule has 11 nitrogen and oxygen atoms in total. The molecular formula is C58H101O11P. The second kappa shape index (κ2) is 52.2. The van der Waals surface area contributed by atoms with Crippen LogP contribution in [0.5, 0.6) is 0 Å². The molecule has 3 atom stereocenters. The first-order valence-electron chi connectivity index (χ1n) is 27.8. The molecule has 404 valence electrons. The van der Waals surface area contributed by atoms with Crippen molar-refractivity contribution in [2.45, 2.75) is 251 Å². The van der Waals surface area contributed by atoms with Crippen molar-refractivity contribution in [3.63, 3.8) is 0 Å². The first kappa shape index (κ1) is 66.9. The molecular weight excluding hydrogens is 904 g/mol. The highest BCUT2D eigenvalue weighted by Crippen LogP contribution is 2.43. The minimum absolute atomic E-state index is 0.00682. The molecule has 0 aromatic carbocycles. The smallest absolute Gasteiger partial charge is 0.461 e. The molecule has 0 aromatic rings. The minimum Gasteiger partial charge on any atom is -0.461 e. The molecule has 0 aliphatic rings. The Balaban J connectivity index is 4.84. The zero-order valence-corrected chi connectivity index (χ0v) is 45.4. The zero-order valence-electron chi connectivity index (χ0n) is 44.5. The van der Waals surface area contributed by atoms with Crippen molar-refractivity contribution in [1.29, 1.82) is 0 Å². The van der Waals surface area contributed by atoms with Crippen LogP contribution >= 0.6 is 7.82 Å². The van der Waals surface area contributed by atoms with E-state index in [9.17, 15) is 28.9 Å². The fraction of sp³-hybridized carbons (Fsp3) is 0.741. The first-order chi connectivity index (χ1) is 34.2. The molecule has 0 amide bonds. The van der Waals surface area contributed by atoms with Crippen molar-refractivity contribution in [2.75, 3.05) is 26.4 Å². The van der Waals surface area contributed by atoms with Crippen LogP contribution in [0.1, 0.15) is 239 Å². The Labute approximate surface area is 427 Å². The summed E-state index contributed by atoms with van der Waals surface area (Å²) in [6.45, 7) is 4.41. The van der Waals surface area contributed by atoms with Crippen molar-refractivity contribution < 1.29 is 52.2 Å². The maximum Gasteiger partial charge on any atom is 0.472 e. The van der Waals surface area contributed by atoms with Gasteiger partial charge in [0.15, 0.2) is 6.10 Å². The van der Waals surface area contributed by atoms with Gasteiger partial charge < -0.3 is 24.2 Å². The van der Waals surface area contributed by atoms with E-state index in [4.69, 9.17) is 23.3 Å². The summed E-state index contributed by atoms with van der Waals surface area (Å²) in [4.78, 5) is 48.3. The third-order valence-electron chi connectivity index (χ3n) is 11.6. The topological polar surface area (TPSA) is 155 Å². The molecule has 0 saturated heterocycles. The van der Waals surface area contributed by atoms with E-state index in [1.54, 1.807) is 6.08 Å². The summed E-state index contributed by atoms with van der Waals surface area (Å²) in [7, 11) is -4.76. The summed E-state index contributed by atoms with van der Waals surface area (Å²) in [6.07, 6.45) is 57.5. The molecule has 0 rings (SSSR count).